The average Bonchev–Trinajstić information content (AvgIpc) is 3.09. The fraction of sp³-hybridized carbons (Fsp3) is 0.167. The van der Waals surface area contributed by atoms with E-state index in [0.29, 0.717) is 16.6 Å². The lowest BCUT2D eigenvalue weighted by Crippen LogP contribution is -2.33. The number of hydrazine groups is 1. The molecule has 1 aromatic heterocycles. The van der Waals surface area contributed by atoms with Gasteiger partial charge in [-0.25, -0.2) is 5.43 Å². The Morgan fingerprint density at radius 1 is 1.15 bits per heavy atom. The predicted molar refractivity (Wildman–Crippen MR) is 97.9 cm³/mol. The van der Waals surface area contributed by atoms with E-state index in [4.69, 9.17) is 20.9 Å². The second kappa shape index (κ2) is 7.88. The zero-order valence-electron chi connectivity index (χ0n) is 14.2. The Balaban J connectivity index is 1.53. The summed E-state index contributed by atoms with van der Waals surface area (Å²) >= 11 is 5.85. The predicted octanol–water partition coefficient (Wildman–Crippen LogP) is 3.53. The first-order chi connectivity index (χ1) is 12.5. The van der Waals surface area contributed by atoms with Gasteiger partial charge in [-0.15, -0.1) is 0 Å². The number of nitrogens with one attached hydrogen (secondary N) is 2. The minimum Gasteiger partial charge on any atom is -0.483 e. The molecule has 1 amide bonds. The Labute approximate surface area is 155 Å². The number of hydrogen-bond donors (Lipinski definition) is 2. The van der Waals surface area contributed by atoms with Crippen LogP contribution in [0.2, 0.25) is 5.02 Å². The lowest BCUT2D eigenvalue weighted by Gasteiger charge is -2.11. The molecule has 7 nitrogen and oxygen atoms in total. The summed E-state index contributed by atoms with van der Waals surface area (Å²) in [5.41, 5.74) is 7.70. The minimum atomic E-state index is -0.376. The lowest BCUT2D eigenvalue weighted by atomic mass is 10.1. The van der Waals surface area contributed by atoms with E-state index in [0.717, 1.165) is 16.7 Å². The van der Waals surface area contributed by atoms with Gasteiger partial charge in [0.25, 0.3) is 5.91 Å². The fourth-order valence-corrected chi connectivity index (χ4v) is 2.44. The van der Waals surface area contributed by atoms with Crippen molar-refractivity contribution in [2.24, 2.45) is 0 Å². The van der Waals surface area contributed by atoms with E-state index < -0.39 is 0 Å². The molecular weight excluding hydrogens is 356 g/mol. The Kier molecular flexibility index (Phi) is 5.38. The number of carbonyl (C=O) groups is 1. The third-order valence-electron chi connectivity index (χ3n) is 3.59. The normalized spacial score (nSPS) is 10.4. The fourth-order valence-electron chi connectivity index (χ4n) is 2.31. The van der Waals surface area contributed by atoms with Crippen molar-refractivity contribution in [1.29, 1.82) is 0 Å². The van der Waals surface area contributed by atoms with Gasteiger partial charge in [0.2, 0.25) is 5.82 Å². The van der Waals surface area contributed by atoms with Gasteiger partial charge in [0, 0.05) is 10.6 Å². The number of benzene rings is 2. The number of nitrogens with zero attached hydrogens (tertiary/aromatic N) is 2. The van der Waals surface area contributed by atoms with E-state index in [1.54, 1.807) is 24.3 Å². The van der Waals surface area contributed by atoms with Crippen LogP contribution in [0.5, 0.6) is 5.75 Å². The highest BCUT2D eigenvalue weighted by Gasteiger charge is 2.11. The molecule has 0 spiro atoms. The molecule has 2 N–H and O–H groups in total. The highest BCUT2D eigenvalue weighted by Crippen LogP contribution is 2.22. The van der Waals surface area contributed by atoms with Crippen molar-refractivity contribution >= 4 is 23.5 Å². The van der Waals surface area contributed by atoms with Gasteiger partial charge < -0.3 is 9.26 Å². The molecule has 1 heterocycles. The monoisotopic (exact) mass is 372 g/mol. The van der Waals surface area contributed by atoms with Crippen LogP contribution >= 0.6 is 11.6 Å². The van der Waals surface area contributed by atoms with Gasteiger partial charge in [0.15, 0.2) is 6.61 Å². The first kappa shape index (κ1) is 17.8. The number of para-hydroxylation sites is 1. The van der Waals surface area contributed by atoms with Crippen LogP contribution in [0.15, 0.2) is 47.0 Å². The van der Waals surface area contributed by atoms with Gasteiger partial charge >= 0.3 is 6.01 Å². The maximum absolute atomic E-state index is 11.9. The standard InChI is InChI=1S/C18H17ClN4O3/c1-11-4-3-5-12(2)16(11)25-10-15(24)21-22-18-20-17(23-26-18)13-6-8-14(19)9-7-13/h3-9H,10H2,1-2H3,(H,21,24)(H,20,22,23). The summed E-state index contributed by atoms with van der Waals surface area (Å²) in [5, 5.41) is 4.45. The minimum absolute atomic E-state index is 0.0652. The molecule has 2 aromatic carbocycles. The maximum Gasteiger partial charge on any atom is 0.340 e. The van der Waals surface area contributed by atoms with E-state index >= 15 is 0 Å². The molecule has 0 fully saturated rings. The molecule has 3 aromatic rings. The van der Waals surface area contributed by atoms with Crippen LogP contribution in [-0.4, -0.2) is 22.7 Å². The molecule has 26 heavy (non-hydrogen) atoms. The Hall–Kier alpha value is -3.06. The Morgan fingerprint density at radius 3 is 2.54 bits per heavy atom. The number of rotatable bonds is 6. The second-order valence-corrected chi connectivity index (χ2v) is 6.05. The van der Waals surface area contributed by atoms with E-state index in [1.165, 1.54) is 0 Å². The number of amides is 1. The second-order valence-electron chi connectivity index (χ2n) is 5.61. The van der Waals surface area contributed by atoms with Gasteiger partial charge in [0.1, 0.15) is 5.75 Å². The summed E-state index contributed by atoms with van der Waals surface area (Å²) < 4.78 is 10.6. The molecule has 0 radical (unpaired) electrons. The summed E-state index contributed by atoms with van der Waals surface area (Å²) in [5.74, 6) is 0.703. The van der Waals surface area contributed by atoms with Crippen molar-refractivity contribution in [3.63, 3.8) is 0 Å². The Bertz CT molecular complexity index is 889. The molecule has 8 heteroatoms. The van der Waals surface area contributed by atoms with Crippen molar-refractivity contribution in [2.75, 3.05) is 12.0 Å². The molecule has 0 aliphatic carbocycles. The van der Waals surface area contributed by atoms with Crippen LogP contribution in [0.4, 0.5) is 6.01 Å². The highest BCUT2D eigenvalue weighted by molar-refractivity contribution is 6.30. The summed E-state index contributed by atoms with van der Waals surface area (Å²) in [6.07, 6.45) is 0. The SMILES string of the molecule is Cc1cccc(C)c1OCC(=O)NNc1nc(-c2ccc(Cl)cc2)no1. The molecule has 0 bridgehead atoms. The molecule has 0 atom stereocenters. The van der Waals surface area contributed by atoms with Crippen LogP contribution in [-0.2, 0) is 4.79 Å². The van der Waals surface area contributed by atoms with Crippen LogP contribution in [0.3, 0.4) is 0 Å². The van der Waals surface area contributed by atoms with Gasteiger partial charge in [-0.05, 0) is 49.2 Å². The van der Waals surface area contributed by atoms with E-state index in [9.17, 15) is 4.79 Å². The van der Waals surface area contributed by atoms with E-state index in [1.807, 2.05) is 32.0 Å². The van der Waals surface area contributed by atoms with Crippen molar-refractivity contribution in [3.8, 4) is 17.1 Å². The largest absolute Gasteiger partial charge is 0.483 e. The molecule has 0 unspecified atom stereocenters. The molecule has 3 rings (SSSR count). The van der Waals surface area contributed by atoms with Gasteiger partial charge in [-0.3, -0.25) is 10.2 Å². The van der Waals surface area contributed by atoms with Gasteiger partial charge in [-0.1, -0.05) is 35.0 Å². The number of aromatic nitrogens is 2. The van der Waals surface area contributed by atoms with E-state index in [-0.39, 0.29) is 18.5 Å². The van der Waals surface area contributed by atoms with Gasteiger partial charge in [-0.2, -0.15) is 4.98 Å². The third kappa shape index (κ3) is 4.31. The van der Waals surface area contributed by atoms with Gasteiger partial charge in [0.05, 0.1) is 0 Å². The number of halogens is 1. The number of carbonyl (C=O) groups excluding carboxylic acids is 1. The first-order valence-corrected chi connectivity index (χ1v) is 8.24. The topological polar surface area (TPSA) is 89.3 Å². The summed E-state index contributed by atoms with van der Waals surface area (Å²) in [6.45, 7) is 3.71. The summed E-state index contributed by atoms with van der Waals surface area (Å²) in [4.78, 5) is 16.1. The lowest BCUT2D eigenvalue weighted by molar-refractivity contribution is -0.122. The first-order valence-electron chi connectivity index (χ1n) is 7.86. The van der Waals surface area contributed by atoms with Crippen molar-refractivity contribution in [2.45, 2.75) is 13.8 Å². The zero-order chi connectivity index (χ0) is 18.5. The quantitative estimate of drug-likeness (QED) is 0.643. The van der Waals surface area contributed by atoms with E-state index in [2.05, 4.69) is 21.0 Å². The summed E-state index contributed by atoms with van der Waals surface area (Å²) in [7, 11) is 0. The van der Waals surface area contributed by atoms with Crippen LogP contribution in [0.25, 0.3) is 11.4 Å². The third-order valence-corrected chi connectivity index (χ3v) is 3.85. The molecule has 0 aliphatic heterocycles. The highest BCUT2D eigenvalue weighted by atomic mass is 35.5. The van der Waals surface area contributed by atoms with Crippen molar-refractivity contribution < 1.29 is 14.1 Å². The molecule has 0 saturated carbocycles. The van der Waals surface area contributed by atoms with Crippen LogP contribution in [0, 0.1) is 13.8 Å². The molecular formula is C18H17ClN4O3. The van der Waals surface area contributed by atoms with Crippen molar-refractivity contribution in [1.82, 2.24) is 15.6 Å². The van der Waals surface area contributed by atoms with Crippen LogP contribution < -0.4 is 15.6 Å². The van der Waals surface area contributed by atoms with Crippen molar-refractivity contribution in [3.05, 3.63) is 58.6 Å². The average molecular weight is 373 g/mol. The smallest absolute Gasteiger partial charge is 0.340 e. The number of aryl methyl sites for hydroxylation is 2. The summed E-state index contributed by atoms with van der Waals surface area (Å²) in [6, 6.07) is 12.9. The number of hydrogen-bond acceptors (Lipinski definition) is 6. The molecule has 0 aliphatic rings. The number of ether oxygens (including phenoxy) is 1. The molecule has 0 saturated heterocycles. The molecule has 134 valence electrons. The number of anilines is 1. The maximum atomic E-state index is 11.9. The zero-order valence-corrected chi connectivity index (χ0v) is 15.0. The van der Waals surface area contributed by atoms with Crippen LogP contribution in [0.1, 0.15) is 11.1 Å². The Morgan fingerprint density at radius 2 is 1.85 bits per heavy atom.